The molecule has 4 N–H and O–H groups in total. The molecule has 1 aromatic heterocycles. The minimum atomic E-state index is 0.375. The van der Waals surface area contributed by atoms with E-state index >= 15 is 0 Å². The topological polar surface area (TPSA) is 75.9 Å². The highest BCUT2D eigenvalue weighted by Gasteiger charge is 2.16. The summed E-state index contributed by atoms with van der Waals surface area (Å²) in [5, 5.41) is 3.83. The van der Waals surface area contributed by atoms with Crippen LogP contribution in [0.2, 0.25) is 5.02 Å². The Bertz CT molecular complexity index is 337. The Hall–Kier alpha value is -1.07. The SMILES string of the molecule is NNc1ncc(Cl)c(NC2CCCC2)n1. The third kappa shape index (κ3) is 2.49. The average molecular weight is 228 g/mol. The minimum Gasteiger partial charge on any atom is -0.366 e. The Morgan fingerprint density at radius 1 is 1.40 bits per heavy atom. The second kappa shape index (κ2) is 4.63. The van der Waals surface area contributed by atoms with Crippen molar-refractivity contribution in [3.63, 3.8) is 0 Å². The van der Waals surface area contributed by atoms with Gasteiger partial charge in [-0.3, -0.25) is 5.43 Å². The van der Waals surface area contributed by atoms with Crippen LogP contribution in [0.1, 0.15) is 25.7 Å². The van der Waals surface area contributed by atoms with Gasteiger partial charge in [0.2, 0.25) is 5.95 Å². The van der Waals surface area contributed by atoms with Gasteiger partial charge in [0, 0.05) is 6.04 Å². The summed E-state index contributed by atoms with van der Waals surface area (Å²) in [4.78, 5) is 8.08. The van der Waals surface area contributed by atoms with Gasteiger partial charge in [-0.15, -0.1) is 0 Å². The third-order valence-electron chi connectivity index (χ3n) is 2.57. The summed E-state index contributed by atoms with van der Waals surface area (Å²) < 4.78 is 0. The zero-order valence-electron chi connectivity index (χ0n) is 8.33. The summed E-state index contributed by atoms with van der Waals surface area (Å²) in [6.07, 6.45) is 6.42. The van der Waals surface area contributed by atoms with Gasteiger partial charge in [-0.2, -0.15) is 4.98 Å². The zero-order valence-corrected chi connectivity index (χ0v) is 9.09. The first kappa shape index (κ1) is 10.4. The lowest BCUT2D eigenvalue weighted by Gasteiger charge is -2.13. The van der Waals surface area contributed by atoms with Gasteiger partial charge in [-0.25, -0.2) is 10.8 Å². The van der Waals surface area contributed by atoms with Crippen molar-refractivity contribution >= 4 is 23.4 Å². The first-order chi connectivity index (χ1) is 7.29. The Labute approximate surface area is 93.4 Å². The second-order valence-electron chi connectivity index (χ2n) is 3.66. The maximum atomic E-state index is 5.98. The zero-order chi connectivity index (χ0) is 10.7. The molecule has 1 fully saturated rings. The molecule has 1 heterocycles. The van der Waals surface area contributed by atoms with E-state index in [4.69, 9.17) is 17.4 Å². The molecule has 0 aromatic carbocycles. The van der Waals surface area contributed by atoms with Crippen molar-refractivity contribution in [2.24, 2.45) is 5.84 Å². The van der Waals surface area contributed by atoms with Gasteiger partial charge in [0.05, 0.1) is 6.20 Å². The molecule has 1 aliphatic carbocycles. The number of anilines is 2. The van der Waals surface area contributed by atoms with E-state index in [1.807, 2.05) is 0 Å². The van der Waals surface area contributed by atoms with Crippen molar-refractivity contribution in [3.05, 3.63) is 11.2 Å². The fraction of sp³-hybridized carbons (Fsp3) is 0.556. The number of hydrogen-bond donors (Lipinski definition) is 3. The lowest BCUT2D eigenvalue weighted by molar-refractivity contribution is 0.750. The van der Waals surface area contributed by atoms with E-state index < -0.39 is 0 Å². The lowest BCUT2D eigenvalue weighted by atomic mass is 10.2. The van der Waals surface area contributed by atoms with Crippen LogP contribution in [0.25, 0.3) is 0 Å². The quantitative estimate of drug-likeness (QED) is 0.542. The molecule has 1 saturated carbocycles. The van der Waals surface area contributed by atoms with Crippen LogP contribution in [0.5, 0.6) is 0 Å². The average Bonchev–Trinajstić information content (AvgIpc) is 2.74. The summed E-state index contributed by atoms with van der Waals surface area (Å²) in [6, 6.07) is 0.475. The highest BCUT2D eigenvalue weighted by atomic mass is 35.5. The van der Waals surface area contributed by atoms with Crippen molar-refractivity contribution < 1.29 is 0 Å². The maximum absolute atomic E-state index is 5.98. The molecule has 0 atom stereocenters. The minimum absolute atomic E-state index is 0.375. The van der Waals surface area contributed by atoms with E-state index in [0.717, 1.165) is 0 Å². The molecule has 0 unspecified atom stereocenters. The monoisotopic (exact) mass is 227 g/mol. The molecule has 2 rings (SSSR count). The van der Waals surface area contributed by atoms with Crippen LogP contribution >= 0.6 is 11.6 Å². The van der Waals surface area contributed by atoms with Crippen LogP contribution in [0.4, 0.5) is 11.8 Å². The fourth-order valence-corrected chi connectivity index (χ4v) is 1.95. The Morgan fingerprint density at radius 2 is 2.13 bits per heavy atom. The number of hydrazine groups is 1. The normalized spacial score (nSPS) is 16.7. The predicted octanol–water partition coefficient (Wildman–Crippen LogP) is 1.77. The molecular weight excluding hydrogens is 214 g/mol. The van der Waals surface area contributed by atoms with Crippen LogP contribution < -0.4 is 16.6 Å². The van der Waals surface area contributed by atoms with Crippen LogP contribution in [-0.2, 0) is 0 Å². The molecule has 82 valence electrons. The Balaban J connectivity index is 2.11. The van der Waals surface area contributed by atoms with Gasteiger partial charge in [-0.1, -0.05) is 24.4 Å². The molecule has 1 aliphatic rings. The third-order valence-corrected chi connectivity index (χ3v) is 2.85. The number of nitrogens with two attached hydrogens (primary N) is 1. The number of halogens is 1. The summed E-state index contributed by atoms with van der Waals surface area (Å²) in [5.74, 6) is 6.26. The molecule has 0 bridgehead atoms. The second-order valence-corrected chi connectivity index (χ2v) is 4.07. The van der Waals surface area contributed by atoms with Crippen molar-refractivity contribution in [2.75, 3.05) is 10.7 Å². The molecule has 6 heteroatoms. The van der Waals surface area contributed by atoms with Gasteiger partial charge in [-0.05, 0) is 12.8 Å². The first-order valence-corrected chi connectivity index (χ1v) is 5.43. The Kier molecular flexibility index (Phi) is 3.23. The number of hydrogen-bond acceptors (Lipinski definition) is 5. The van der Waals surface area contributed by atoms with E-state index in [-0.39, 0.29) is 0 Å². The van der Waals surface area contributed by atoms with E-state index in [9.17, 15) is 0 Å². The highest BCUT2D eigenvalue weighted by molar-refractivity contribution is 6.32. The predicted molar refractivity (Wildman–Crippen MR) is 60.7 cm³/mol. The first-order valence-electron chi connectivity index (χ1n) is 5.05. The van der Waals surface area contributed by atoms with E-state index in [0.29, 0.717) is 22.8 Å². The van der Waals surface area contributed by atoms with Crippen LogP contribution in [-0.4, -0.2) is 16.0 Å². The summed E-state index contributed by atoms with van der Waals surface area (Å²) in [6.45, 7) is 0. The summed E-state index contributed by atoms with van der Waals surface area (Å²) in [7, 11) is 0. The van der Waals surface area contributed by atoms with Crippen LogP contribution in [0.15, 0.2) is 6.20 Å². The largest absolute Gasteiger partial charge is 0.366 e. The molecular formula is C9H14ClN5. The van der Waals surface area contributed by atoms with Gasteiger partial charge in [0.15, 0.2) is 5.82 Å². The number of aromatic nitrogens is 2. The van der Waals surface area contributed by atoms with Crippen molar-refractivity contribution in [1.82, 2.24) is 9.97 Å². The smallest absolute Gasteiger partial charge is 0.239 e. The van der Waals surface area contributed by atoms with Gasteiger partial charge >= 0.3 is 0 Å². The summed E-state index contributed by atoms with van der Waals surface area (Å²) in [5.41, 5.74) is 2.40. The molecule has 0 amide bonds. The molecule has 15 heavy (non-hydrogen) atoms. The van der Waals surface area contributed by atoms with Gasteiger partial charge in [0.25, 0.3) is 0 Å². The molecule has 5 nitrogen and oxygen atoms in total. The van der Waals surface area contributed by atoms with Crippen LogP contribution in [0.3, 0.4) is 0 Å². The van der Waals surface area contributed by atoms with Crippen molar-refractivity contribution in [1.29, 1.82) is 0 Å². The Morgan fingerprint density at radius 3 is 2.80 bits per heavy atom. The molecule has 0 aliphatic heterocycles. The standard InChI is InChI=1S/C9H14ClN5/c10-7-5-12-9(15-11)14-8(7)13-6-3-1-2-4-6/h5-6H,1-4,11H2,(H2,12,13,14,15). The van der Waals surface area contributed by atoms with E-state index in [1.165, 1.54) is 25.7 Å². The lowest BCUT2D eigenvalue weighted by Crippen LogP contribution is -2.17. The number of nitrogens with one attached hydrogen (secondary N) is 2. The fourth-order valence-electron chi connectivity index (χ4n) is 1.80. The number of nitrogen functional groups attached to an aromatic ring is 1. The van der Waals surface area contributed by atoms with Gasteiger partial charge in [0.1, 0.15) is 5.02 Å². The highest BCUT2D eigenvalue weighted by Crippen LogP contribution is 2.25. The molecule has 0 saturated heterocycles. The molecule has 0 radical (unpaired) electrons. The van der Waals surface area contributed by atoms with Gasteiger partial charge < -0.3 is 5.32 Å². The van der Waals surface area contributed by atoms with Crippen molar-refractivity contribution in [2.45, 2.75) is 31.7 Å². The van der Waals surface area contributed by atoms with Crippen molar-refractivity contribution in [3.8, 4) is 0 Å². The number of nitrogens with zero attached hydrogens (tertiary/aromatic N) is 2. The molecule has 1 aromatic rings. The van der Waals surface area contributed by atoms with E-state index in [1.54, 1.807) is 6.20 Å². The summed E-state index contributed by atoms with van der Waals surface area (Å²) >= 11 is 5.98. The van der Waals surface area contributed by atoms with Crippen LogP contribution in [0, 0.1) is 0 Å². The molecule has 0 spiro atoms. The maximum Gasteiger partial charge on any atom is 0.239 e. The van der Waals surface area contributed by atoms with E-state index in [2.05, 4.69) is 20.7 Å². The number of rotatable bonds is 3.